The van der Waals surface area contributed by atoms with E-state index in [1.165, 1.54) is 0 Å². The Morgan fingerprint density at radius 2 is 1.85 bits per heavy atom. The highest BCUT2D eigenvalue weighted by molar-refractivity contribution is 5.76. The van der Waals surface area contributed by atoms with Crippen LogP contribution in [0.5, 0.6) is 17.2 Å². The minimum absolute atomic E-state index is 0.00866. The number of nitrogens with one attached hydrogen (secondary N) is 1. The van der Waals surface area contributed by atoms with E-state index in [0.29, 0.717) is 13.2 Å². The van der Waals surface area contributed by atoms with Gasteiger partial charge in [-0.25, -0.2) is 0 Å². The van der Waals surface area contributed by atoms with Gasteiger partial charge in [-0.2, -0.15) is 0 Å². The average Bonchev–Trinajstić information content (AvgIpc) is 3.34. The first kappa shape index (κ1) is 17.7. The summed E-state index contributed by atoms with van der Waals surface area (Å²) in [5.41, 5.74) is 2.08. The van der Waals surface area contributed by atoms with E-state index in [-0.39, 0.29) is 30.6 Å². The lowest BCUT2D eigenvalue weighted by Gasteiger charge is -2.23. The summed E-state index contributed by atoms with van der Waals surface area (Å²) in [4.78, 5) is 12.8. The molecular weight excluding hydrogens is 346 g/mol. The zero-order valence-corrected chi connectivity index (χ0v) is 15.4. The van der Waals surface area contributed by atoms with Crippen LogP contribution in [0.25, 0.3) is 0 Å². The number of benzene rings is 2. The Labute approximate surface area is 158 Å². The zero-order chi connectivity index (χ0) is 18.8. The van der Waals surface area contributed by atoms with Crippen molar-refractivity contribution in [2.75, 3.05) is 27.1 Å². The van der Waals surface area contributed by atoms with Gasteiger partial charge in [-0.1, -0.05) is 18.2 Å². The van der Waals surface area contributed by atoms with Gasteiger partial charge in [-0.15, -0.1) is 0 Å². The molecule has 0 bridgehead atoms. The van der Waals surface area contributed by atoms with E-state index in [4.69, 9.17) is 18.9 Å². The highest BCUT2D eigenvalue weighted by atomic mass is 16.7. The quantitative estimate of drug-likeness (QED) is 0.818. The van der Waals surface area contributed by atoms with Gasteiger partial charge >= 0.3 is 5.97 Å². The van der Waals surface area contributed by atoms with Crippen molar-refractivity contribution < 1.29 is 23.7 Å². The highest BCUT2D eigenvalue weighted by Gasteiger charge is 2.43. The third-order valence-electron chi connectivity index (χ3n) is 5.21. The van der Waals surface area contributed by atoms with Crippen LogP contribution in [0, 0.1) is 5.92 Å². The van der Waals surface area contributed by atoms with Crippen LogP contribution in [0.15, 0.2) is 42.5 Å². The summed E-state index contributed by atoms with van der Waals surface area (Å²) in [5.74, 6) is 1.74. The number of esters is 1. The summed E-state index contributed by atoms with van der Waals surface area (Å²) in [5, 5.41) is 3.50. The molecule has 0 saturated carbocycles. The topological polar surface area (TPSA) is 66.0 Å². The van der Waals surface area contributed by atoms with Gasteiger partial charge in [0.2, 0.25) is 6.79 Å². The predicted molar refractivity (Wildman–Crippen MR) is 99.2 cm³/mol. The molecule has 27 heavy (non-hydrogen) atoms. The number of rotatable bonds is 5. The summed E-state index contributed by atoms with van der Waals surface area (Å²) in [6.07, 6.45) is 0. The SMILES string of the molecule is CCOC(=O)[C@@H]1C(c2ccc3c(c2)OCO3)CN[C@H]1c1ccc(OC)cc1. The third kappa shape index (κ3) is 3.32. The minimum Gasteiger partial charge on any atom is -0.497 e. The van der Waals surface area contributed by atoms with Gasteiger partial charge in [0.25, 0.3) is 0 Å². The molecule has 1 saturated heterocycles. The van der Waals surface area contributed by atoms with E-state index in [1.54, 1.807) is 7.11 Å². The fourth-order valence-corrected chi connectivity index (χ4v) is 3.88. The Morgan fingerprint density at radius 3 is 2.59 bits per heavy atom. The summed E-state index contributed by atoms with van der Waals surface area (Å²) in [6, 6.07) is 13.6. The van der Waals surface area contributed by atoms with Gasteiger partial charge < -0.3 is 24.3 Å². The van der Waals surface area contributed by atoms with Gasteiger partial charge in [0, 0.05) is 18.5 Å². The molecule has 0 spiro atoms. The van der Waals surface area contributed by atoms with Gasteiger partial charge in [-0.05, 0) is 42.3 Å². The fourth-order valence-electron chi connectivity index (χ4n) is 3.88. The first-order chi connectivity index (χ1) is 13.2. The lowest BCUT2D eigenvalue weighted by atomic mass is 9.83. The molecule has 142 valence electrons. The van der Waals surface area contributed by atoms with Crippen LogP contribution in [0.1, 0.15) is 30.0 Å². The van der Waals surface area contributed by atoms with Crippen LogP contribution in [-0.2, 0) is 9.53 Å². The number of fused-ring (bicyclic) bond motifs is 1. The maximum absolute atomic E-state index is 12.8. The van der Waals surface area contributed by atoms with E-state index in [1.807, 2.05) is 49.4 Å². The lowest BCUT2D eigenvalue weighted by Crippen LogP contribution is -2.27. The molecule has 2 aliphatic heterocycles. The van der Waals surface area contributed by atoms with Crippen LogP contribution >= 0.6 is 0 Å². The van der Waals surface area contributed by atoms with E-state index >= 15 is 0 Å². The second-order valence-corrected chi connectivity index (χ2v) is 6.66. The number of hydrogen-bond donors (Lipinski definition) is 1. The van der Waals surface area contributed by atoms with Crippen LogP contribution < -0.4 is 19.5 Å². The molecule has 2 aromatic carbocycles. The Bertz CT molecular complexity index is 820. The van der Waals surface area contributed by atoms with Gasteiger partial charge in [0.05, 0.1) is 19.6 Å². The molecule has 6 nitrogen and oxygen atoms in total. The second-order valence-electron chi connectivity index (χ2n) is 6.66. The predicted octanol–water partition coefficient (Wildman–Crippen LogP) is 3.03. The molecule has 0 radical (unpaired) electrons. The van der Waals surface area contributed by atoms with Crippen molar-refractivity contribution in [2.24, 2.45) is 5.92 Å². The summed E-state index contributed by atoms with van der Waals surface area (Å²) >= 11 is 0. The van der Waals surface area contributed by atoms with Crippen molar-refractivity contribution in [3.63, 3.8) is 0 Å². The Hall–Kier alpha value is -2.73. The number of ether oxygens (including phenoxy) is 4. The molecule has 2 heterocycles. The highest BCUT2D eigenvalue weighted by Crippen LogP contribution is 2.43. The molecular formula is C21H23NO5. The molecule has 2 aromatic rings. The normalized spacial score (nSPS) is 23.3. The van der Waals surface area contributed by atoms with Gasteiger partial charge in [0.1, 0.15) is 5.75 Å². The zero-order valence-electron chi connectivity index (χ0n) is 15.4. The maximum atomic E-state index is 12.8. The maximum Gasteiger partial charge on any atom is 0.311 e. The van der Waals surface area contributed by atoms with Gasteiger partial charge in [0.15, 0.2) is 11.5 Å². The number of carbonyl (C=O) groups is 1. The largest absolute Gasteiger partial charge is 0.497 e. The van der Waals surface area contributed by atoms with Crippen molar-refractivity contribution in [3.05, 3.63) is 53.6 Å². The molecule has 0 aromatic heterocycles. The van der Waals surface area contributed by atoms with Crippen molar-refractivity contribution in [2.45, 2.75) is 18.9 Å². The first-order valence-corrected chi connectivity index (χ1v) is 9.14. The molecule has 1 fully saturated rings. The lowest BCUT2D eigenvalue weighted by molar-refractivity contribution is -0.148. The summed E-state index contributed by atoms with van der Waals surface area (Å²) in [7, 11) is 1.64. The van der Waals surface area contributed by atoms with E-state index in [2.05, 4.69) is 5.32 Å². The molecule has 1 N–H and O–H groups in total. The molecule has 3 atom stereocenters. The van der Waals surface area contributed by atoms with Crippen molar-refractivity contribution >= 4 is 5.97 Å². The van der Waals surface area contributed by atoms with E-state index in [9.17, 15) is 4.79 Å². The number of methoxy groups -OCH3 is 1. The molecule has 0 aliphatic carbocycles. The monoisotopic (exact) mass is 369 g/mol. The van der Waals surface area contributed by atoms with E-state index in [0.717, 1.165) is 28.4 Å². The van der Waals surface area contributed by atoms with Crippen molar-refractivity contribution in [1.82, 2.24) is 5.32 Å². The fraction of sp³-hybridized carbons (Fsp3) is 0.381. The number of hydrogen-bond acceptors (Lipinski definition) is 6. The van der Waals surface area contributed by atoms with Crippen LogP contribution in [-0.4, -0.2) is 33.0 Å². The summed E-state index contributed by atoms with van der Waals surface area (Å²) in [6.45, 7) is 3.11. The Morgan fingerprint density at radius 1 is 1.11 bits per heavy atom. The van der Waals surface area contributed by atoms with E-state index < -0.39 is 0 Å². The molecule has 1 unspecified atom stereocenters. The second kappa shape index (κ2) is 7.48. The Balaban J connectivity index is 1.66. The standard InChI is InChI=1S/C21H23NO5/c1-3-25-21(23)19-16(14-6-9-17-18(10-14)27-12-26-17)11-22-20(19)13-4-7-15(24-2)8-5-13/h4-10,16,19-20,22H,3,11-12H2,1-2H3/t16?,19-,20+/m1/s1. The van der Waals surface area contributed by atoms with Crippen LogP contribution in [0.3, 0.4) is 0 Å². The van der Waals surface area contributed by atoms with Crippen LogP contribution in [0.2, 0.25) is 0 Å². The van der Waals surface area contributed by atoms with Crippen molar-refractivity contribution in [3.8, 4) is 17.2 Å². The molecule has 2 aliphatic rings. The van der Waals surface area contributed by atoms with Crippen molar-refractivity contribution in [1.29, 1.82) is 0 Å². The number of carbonyl (C=O) groups excluding carboxylic acids is 1. The van der Waals surface area contributed by atoms with Gasteiger partial charge in [-0.3, -0.25) is 4.79 Å². The smallest absolute Gasteiger partial charge is 0.311 e. The summed E-state index contributed by atoms with van der Waals surface area (Å²) < 4.78 is 21.6. The molecule has 4 rings (SSSR count). The third-order valence-corrected chi connectivity index (χ3v) is 5.21. The average molecular weight is 369 g/mol. The minimum atomic E-state index is -0.321. The Kier molecular flexibility index (Phi) is 4.90. The molecule has 0 amide bonds. The molecule has 6 heteroatoms. The van der Waals surface area contributed by atoms with Crippen LogP contribution in [0.4, 0.5) is 0 Å². The first-order valence-electron chi connectivity index (χ1n) is 9.14.